The molecular weight excluding hydrogens is 270 g/mol. The van der Waals surface area contributed by atoms with Crippen molar-refractivity contribution in [3.8, 4) is 5.40 Å². The molecule has 0 heterocycles. The van der Waals surface area contributed by atoms with Crippen LogP contribution in [0, 0.1) is 23.5 Å². The van der Waals surface area contributed by atoms with E-state index in [1.54, 1.807) is 0 Å². The highest BCUT2D eigenvalue weighted by atomic mass is 79.9. The molecule has 0 amide bonds. The first-order valence-electron chi connectivity index (χ1n) is 4.89. The Labute approximate surface area is 104 Å². The molecule has 0 saturated heterocycles. The molecule has 80 valence electrons. The van der Waals surface area contributed by atoms with Gasteiger partial charge < -0.3 is 0 Å². The lowest BCUT2D eigenvalue weighted by Crippen LogP contribution is -2.02. The third-order valence-electron chi connectivity index (χ3n) is 2.25. The summed E-state index contributed by atoms with van der Waals surface area (Å²) in [6.07, 6.45) is 1.04. The molecule has 1 rings (SSSR count). The van der Waals surface area contributed by atoms with Crippen LogP contribution in [0.2, 0.25) is 0 Å². The number of hydrogen-bond donors (Lipinski definition) is 0. The average molecular weight is 284 g/mol. The zero-order chi connectivity index (χ0) is 11.3. The first-order valence-corrected chi connectivity index (χ1v) is 6.67. The van der Waals surface area contributed by atoms with Gasteiger partial charge >= 0.3 is 0 Å². The van der Waals surface area contributed by atoms with Crippen LogP contribution >= 0.6 is 27.7 Å². The molecule has 0 aliphatic carbocycles. The topological polar surface area (TPSA) is 23.8 Å². The summed E-state index contributed by atoms with van der Waals surface area (Å²) < 4.78 is 1.17. The third-order valence-corrected chi connectivity index (χ3v) is 3.97. The van der Waals surface area contributed by atoms with Crippen LogP contribution in [-0.2, 0) is 6.42 Å². The van der Waals surface area contributed by atoms with Crippen LogP contribution in [0.25, 0.3) is 0 Å². The Morgan fingerprint density at radius 1 is 1.53 bits per heavy atom. The second-order valence-corrected chi connectivity index (χ2v) is 5.45. The molecule has 0 bridgehead atoms. The Balaban J connectivity index is 2.57. The van der Waals surface area contributed by atoms with Gasteiger partial charge in [0, 0.05) is 10.2 Å². The molecule has 0 aliphatic heterocycles. The monoisotopic (exact) mass is 283 g/mol. The first kappa shape index (κ1) is 12.6. The van der Waals surface area contributed by atoms with Crippen molar-refractivity contribution < 1.29 is 0 Å². The minimum absolute atomic E-state index is 0.546. The molecule has 1 atom stereocenters. The Bertz CT molecular complexity index is 370. The normalized spacial score (nSPS) is 12.1. The van der Waals surface area contributed by atoms with E-state index >= 15 is 0 Å². The standard InChI is InChI=1S/C12H14BrNS/c1-9(7-15-8-14)5-11-4-3-10(2)12(13)6-11/h3-4,6,9H,5,7H2,1-2H3. The molecule has 1 nitrogen and oxygen atoms in total. The zero-order valence-electron chi connectivity index (χ0n) is 8.96. The maximum Gasteiger partial charge on any atom is 0.133 e. The molecule has 0 spiro atoms. The summed E-state index contributed by atoms with van der Waals surface area (Å²) in [6.45, 7) is 4.26. The summed E-state index contributed by atoms with van der Waals surface area (Å²) in [5.74, 6) is 1.45. The number of rotatable bonds is 4. The lowest BCUT2D eigenvalue weighted by atomic mass is 10.0. The van der Waals surface area contributed by atoms with Gasteiger partial charge in [0.05, 0.1) is 0 Å². The lowest BCUT2D eigenvalue weighted by molar-refractivity contribution is 0.659. The number of nitrogens with zero attached hydrogens (tertiary/aromatic N) is 1. The molecule has 3 heteroatoms. The second-order valence-electron chi connectivity index (χ2n) is 3.80. The number of thioether (sulfide) groups is 1. The van der Waals surface area contributed by atoms with Crippen LogP contribution < -0.4 is 0 Å². The highest BCUT2D eigenvalue weighted by Crippen LogP contribution is 2.20. The van der Waals surface area contributed by atoms with Gasteiger partial charge in [-0.25, -0.2) is 0 Å². The van der Waals surface area contributed by atoms with E-state index in [9.17, 15) is 0 Å². The molecule has 1 aromatic rings. The summed E-state index contributed by atoms with van der Waals surface area (Å²) in [4.78, 5) is 0. The minimum atomic E-state index is 0.546. The zero-order valence-corrected chi connectivity index (χ0v) is 11.4. The van der Waals surface area contributed by atoms with Crippen molar-refractivity contribution in [2.24, 2.45) is 5.92 Å². The summed E-state index contributed by atoms with van der Waals surface area (Å²) in [5.41, 5.74) is 2.59. The maximum atomic E-state index is 8.47. The molecule has 1 unspecified atom stereocenters. The molecule has 1 aromatic carbocycles. The van der Waals surface area contributed by atoms with E-state index in [0.717, 1.165) is 12.2 Å². The smallest absolute Gasteiger partial charge is 0.133 e. The lowest BCUT2D eigenvalue weighted by Gasteiger charge is -2.09. The van der Waals surface area contributed by atoms with Crippen LogP contribution in [0.1, 0.15) is 18.1 Å². The summed E-state index contributed by atoms with van der Waals surface area (Å²) >= 11 is 4.87. The minimum Gasteiger partial charge on any atom is -0.185 e. The van der Waals surface area contributed by atoms with Gasteiger partial charge in [-0.3, -0.25) is 0 Å². The maximum absolute atomic E-state index is 8.47. The van der Waals surface area contributed by atoms with Crippen molar-refractivity contribution in [3.63, 3.8) is 0 Å². The van der Waals surface area contributed by atoms with Gasteiger partial charge in [0.25, 0.3) is 0 Å². The molecule has 0 aliphatic rings. The van der Waals surface area contributed by atoms with E-state index in [2.05, 4.69) is 53.4 Å². The van der Waals surface area contributed by atoms with Crippen LogP contribution in [0.4, 0.5) is 0 Å². The van der Waals surface area contributed by atoms with E-state index < -0.39 is 0 Å². The SMILES string of the molecule is Cc1ccc(CC(C)CSC#N)cc1Br. The Morgan fingerprint density at radius 2 is 2.27 bits per heavy atom. The third kappa shape index (κ3) is 4.27. The van der Waals surface area contributed by atoms with Gasteiger partial charge in [-0.15, -0.1) is 0 Å². The van der Waals surface area contributed by atoms with E-state index in [4.69, 9.17) is 5.26 Å². The van der Waals surface area contributed by atoms with Crippen LogP contribution in [-0.4, -0.2) is 5.75 Å². The van der Waals surface area contributed by atoms with Crippen molar-refractivity contribution in [2.75, 3.05) is 5.75 Å². The van der Waals surface area contributed by atoms with Gasteiger partial charge in [-0.05, 0) is 48.2 Å². The largest absolute Gasteiger partial charge is 0.185 e. The Morgan fingerprint density at radius 3 is 2.87 bits per heavy atom. The molecule has 0 fully saturated rings. The van der Waals surface area contributed by atoms with Crippen molar-refractivity contribution in [3.05, 3.63) is 33.8 Å². The van der Waals surface area contributed by atoms with Gasteiger partial charge in [-0.2, -0.15) is 5.26 Å². The van der Waals surface area contributed by atoms with Crippen LogP contribution in [0.3, 0.4) is 0 Å². The van der Waals surface area contributed by atoms with Crippen molar-refractivity contribution in [1.82, 2.24) is 0 Å². The van der Waals surface area contributed by atoms with E-state index in [1.165, 1.54) is 27.4 Å². The van der Waals surface area contributed by atoms with Gasteiger partial charge in [0.2, 0.25) is 0 Å². The van der Waals surface area contributed by atoms with E-state index in [0.29, 0.717) is 5.92 Å². The van der Waals surface area contributed by atoms with E-state index in [-0.39, 0.29) is 0 Å². The number of thiocyanates is 1. The predicted octanol–water partition coefficient (Wildman–Crippen LogP) is 4.15. The second kappa shape index (κ2) is 6.19. The summed E-state index contributed by atoms with van der Waals surface area (Å²) in [5, 5.41) is 10.6. The Hall–Kier alpha value is -0.460. The Kier molecular flexibility index (Phi) is 5.21. The fourth-order valence-corrected chi connectivity index (χ4v) is 2.31. The molecule has 0 saturated carbocycles. The number of aryl methyl sites for hydroxylation is 1. The average Bonchev–Trinajstić information content (AvgIpc) is 2.20. The fraction of sp³-hybridized carbons (Fsp3) is 0.417. The van der Waals surface area contributed by atoms with Crippen LogP contribution in [0.15, 0.2) is 22.7 Å². The van der Waals surface area contributed by atoms with Crippen molar-refractivity contribution in [2.45, 2.75) is 20.3 Å². The fourth-order valence-electron chi connectivity index (χ4n) is 1.40. The number of nitriles is 1. The van der Waals surface area contributed by atoms with Crippen LogP contribution in [0.5, 0.6) is 0 Å². The summed E-state index contributed by atoms with van der Waals surface area (Å²) in [6, 6.07) is 6.46. The quantitative estimate of drug-likeness (QED) is 0.775. The number of hydrogen-bond acceptors (Lipinski definition) is 2. The molecule has 15 heavy (non-hydrogen) atoms. The highest BCUT2D eigenvalue weighted by molar-refractivity contribution is 9.10. The van der Waals surface area contributed by atoms with Crippen molar-refractivity contribution >= 4 is 27.7 Å². The summed E-state index contributed by atoms with van der Waals surface area (Å²) in [7, 11) is 0. The predicted molar refractivity (Wildman–Crippen MR) is 69.8 cm³/mol. The van der Waals surface area contributed by atoms with Crippen molar-refractivity contribution in [1.29, 1.82) is 5.26 Å². The van der Waals surface area contributed by atoms with E-state index in [1.807, 2.05) is 0 Å². The molecule has 0 N–H and O–H groups in total. The number of halogens is 1. The highest BCUT2D eigenvalue weighted by Gasteiger charge is 2.05. The van der Waals surface area contributed by atoms with Gasteiger partial charge in [0.15, 0.2) is 0 Å². The molecule has 0 radical (unpaired) electrons. The first-order chi connectivity index (χ1) is 7.13. The van der Waals surface area contributed by atoms with Gasteiger partial charge in [0.1, 0.15) is 5.40 Å². The molecule has 0 aromatic heterocycles. The molecular formula is C12H14BrNS. The number of benzene rings is 1. The van der Waals surface area contributed by atoms with Gasteiger partial charge in [-0.1, -0.05) is 35.0 Å².